The van der Waals surface area contributed by atoms with E-state index >= 15 is 0 Å². The normalized spacial score (nSPS) is 11.3. The van der Waals surface area contributed by atoms with E-state index in [4.69, 9.17) is 30.5 Å². The molecule has 0 fully saturated rings. The molecule has 0 spiro atoms. The molecule has 2 aromatic carbocycles. The van der Waals surface area contributed by atoms with E-state index in [1.807, 2.05) is 0 Å². The average Bonchev–Trinajstić information content (AvgIpc) is 2.71. The smallest absolute Gasteiger partial charge is 0.307 e. The quantitative estimate of drug-likeness (QED) is 0.643. The molecule has 1 atom stereocenters. The molecular weight excluding hydrogens is 386 g/mol. The number of carbonyl (C=O) groups excluding carboxylic acids is 2. The molecule has 1 N–H and O–H groups in total. The van der Waals surface area contributed by atoms with E-state index in [1.165, 1.54) is 21.3 Å². The highest BCUT2D eigenvalue weighted by Crippen LogP contribution is 2.31. The lowest BCUT2D eigenvalue weighted by molar-refractivity contribution is -0.141. The molecule has 0 aliphatic heterocycles. The maximum absolute atomic E-state index is 12.4. The van der Waals surface area contributed by atoms with E-state index in [2.05, 4.69) is 5.32 Å². The molecule has 2 aromatic rings. The van der Waals surface area contributed by atoms with E-state index in [-0.39, 0.29) is 13.0 Å². The van der Waals surface area contributed by atoms with Crippen molar-refractivity contribution in [3.05, 3.63) is 53.1 Å². The Bertz CT molecular complexity index is 826. The van der Waals surface area contributed by atoms with Crippen LogP contribution in [0.5, 0.6) is 17.2 Å². The Morgan fingerprint density at radius 2 is 1.71 bits per heavy atom. The molecule has 1 amide bonds. The summed E-state index contributed by atoms with van der Waals surface area (Å²) in [5.41, 5.74) is 0.661. The molecule has 0 bridgehead atoms. The molecule has 7 nitrogen and oxygen atoms in total. The first-order chi connectivity index (χ1) is 13.5. The zero-order chi connectivity index (χ0) is 20.5. The SMILES string of the molecule is COC(=O)CC(NC(=O)COc1ccccc1Cl)c1ccc(OC)c(OC)c1. The van der Waals surface area contributed by atoms with E-state index in [0.717, 1.165) is 0 Å². The van der Waals surface area contributed by atoms with Crippen LogP contribution in [-0.4, -0.2) is 39.8 Å². The van der Waals surface area contributed by atoms with Gasteiger partial charge in [0.1, 0.15) is 5.75 Å². The largest absolute Gasteiger partial charge is 0.493 e. The maximum atomic E-state index is 12.4. The van der Waals surface area contributed by atoms with E-state index < -0.39 is 17.9 Å². The van der Waals surface area contributed by atoms with Crippen LogP contribution in [-0.2, 0) is 14.3 Å². The van der Waals surface area contributed by atoms with Gasteiger partial charge in [0.15, 0.2) is 18.1 Å². The fourth-order valence-corrected chi connectivity index (χ4v) is 2.70. The molecule has 0 radical (unpaired) electrons. The predicted molar refractivity (Wildman–Crippen MR) is 104 cm³/mol. The minimum Gasteiger partial charge on any atom is -0.493 e. The van der Waals surface area contributed by atoms with Gasteiger partial charge in [0.2, 0.25) is 0 Å². The minimum atomic E-state index is -0.630. The molecule has 0 aromatic heterocycles. The van der Waals surface area contributed by atoms with Crippen LogP contribution in [0.2, 0.25) is 5.02 Å². The minimum absolute atomic E-state index is 0.0518. The summed E-state index contributed by atoms with van der Waals surface area (Å²) in [6.45, 7) is -0.255. The number of para-hydroxylation sites is 1. The fourth-order valence-electron chi connectivity index (χ4n) is 2.51. The molecule has 0 aliphatic rings. The lowest BCUT2D eigenvalue weighted by Gasteiger charge is -2.20. The van der Waals surface area contributed by atoms with Crippen molar-refractivity contribution in [1.29, 1.82) is 0 Å². The van der Waals surface area contributed by atoms with Crippen molar-refractivity contribution in [2.45, 2.75) is 12.5 Å². The number of benzene rings is 2. The number of ether oxygens (including phenoxy) is 4. The zero-order valence-electron chi connectivity index (χ0n) is 15.9. The zero-order valence-corrected chi connectivity index (χ0v) is 16.6. The van der Waals surface area contributed by atoms with Crippen molar-refractivity contribution in [2.75, 3.05) is 27.9 Å². The van der Waals surface area contributed by atoms with Crippen LogP contribution >= 0.6 is 11.6 Å². The fraction of sp³-hybridized carbons (Fsp3) is 0.300. The Morgan fingerprint density at radius 3 is 2.36 bits per heavy atom. The Hall–Kier alpha value is -2.93. The summed E-state index contributed by atoms with van der Waals surface area (Å²) in [7, 11) is 4.32. The third kappa shape index (κ3) is 5.79. The van der Waals surface area contributed by atoms with Gasteiger partial charge in [-0.3, -0.25) is 9.59 Å². The number of halogens is 1. The van der Waals surface area contributed by atoms with Gasteiger partial charge in [-0.05, 0) is 29.8 Å². The van der Waals surface area contributed by atoms with Crippen molar-refractivity contribution >= 4 is 23.5 Å². The number of methoxy groups -OCH3 is 3. The van der Waals surface area contributed by atoms with Crippen LogP contribution in [0.3, 0.4) is 0 Å². The second-order valence-electron chi connectivity index (χ2n) is 5.73. The van der Waals surface area contributed by atoms with Crippen LogP contribution in [0.1, 0.15) is 18.0 Å². The number of hydrogen-bond donors (Lipinski definition) is 1. The van der Waals surface area contributed by atoms with Gasteiger partial charge in [-0.2, -0.15) is 0 Å². The first-order valence-corrected chi connectivity index (χ1v) is 8.81. The summed E-state index contributed by atoms with van der Waals surface area (Å²) in [6, 6.07) is 11.3. The van der Waals surface area contributed by atoms with Crippen LogP contribution in [0.25, 0.3) is 0 Å². The topological polar surface area (TPSA) is 83.1 Å². The Labute approximate surface area is 168 Å². The highest BCUT2D eigenvalue weighted by molar-refractivity contribution is 6.32. The van der Waals surface area contributed by atoms with Crippen molar-refractivity contribution in [3.63, 3.8) is 0 Å². The number of esters is 1. The monoisotopic (exact) mass is 407 g/mol. The van der Waals surface area contributed by atoms with Gasteiger partial charge in [0.05, 0.1) is 38.8 Å². The average molecular weight is 408 g/mol. The third-order valence-corrected chi connectivity index (χ3v) is 4.25. The van der Waals surface area contributed by atoms with Crippen molar-refractivity contribution < 1.29 is 28.5 Å². The molecule has 0 saturated heterocycles. The Morgan fingerprint density at radius 1 is 1.00 bits per heavy atom. The van der Waals surface area contributed by atoms with Gasteiger partial charge >= 0.3 is 5.97 Å². The van der Waals surface area contributed by atoms with Gasteiger partial charge < -0.3 is 24.3 Å². The summed E-state index contributed by atoms with van der Waals surface area (Å²) in [5.74, 6) is 0.540. The van der Waals surface area contributed by atoms with Crippen molar-refractivity contribution in [1.82, 2.24) is 5.32 Å². The highest BCUT2D eigenvalue weighted by Gasteiger charge is 2.21. The van der Waals surface area contributed by atoms with Gasteiger partial charge in [-0.1, -0.05) is 29.8 Å². The van der Waals surface area contributed by atoms with Crippen LogP contribution in [0.15, 0.2) is 42.5 Å². The molecule has 150 valence electrons. The number of amides is 1. The number of nitrogens with one attached hydrogen (secondary N) is 1. The molecular formula is C20H22ClNO6. The van der Waals surface area contributed by atoms with Crippen LogP contribution in [0, 0.1) is 0 Å². The molecule has 28 heavy (non-hydrogen) atoms. The molecule has 0 heterocycles. The van der Waals surface area contributed by atoms with Crippen molar-refractivity contribution in [3.8, 4) is 17.2 Å². The molecule has 8 heteroatoms. The summed E-state index contributed by atoms with van der Waals surface area (Å²) in [4.78, 5) is 24.2. The van der Waals surface area contributed by atoms with Gasteiger partial charge in [0, 0.05) is 0 Å². The lowest BCUT2D eigenvalue weighted by Crippen LogP contribution is -2.34. The molecule has 0 saturated carbocycles. The maximum Gasteiger partial charge on any atom is 0.307 e. The summed E-state index contributed by atoms with van der Waals surface area (Å²) in [6.07, 6.45) is -0.0518. The predicted octanol–water partition coefficient (Wildman–Crippen LogP) is 3.16. The van der Waals surface area contributed by atoms with E-state index in [9.17, 15) is 9.59 Å². The first-order valence-electron chi connectivity index (χ1n) is 8.44. The molecule has 1 unspecified atom stereocenters. The van der Waals surface area contributed by atoms with Gasteiger partial charge in [0.25, 0.3) is 5.91 Å². The van der Waals surface area contributed by atoms with Crippen LogP contribution in [0.4, 0.5) is 0 Å². The Balaban J connectivity index is 2.13. The number of rotatable bonds is 9. The second kappa shape index (κ2) is 10.4. The number of hydrogen-bond acceptors (Lipinski definition) is 6. The third-order valence-electron chi connectivity index (χ3n) is 3.94. The van der Waals surface area contributed by atoms with Gasteiger partial charge in [-0.15, -0.1) is 0 Å². The number of carbonyl (C=O) groups is 2. The van der Waals surface area contributed by atoms with Gasteiger partial charge in [-0.25, -0.2) is 0 Å². The second-order valence-corrected chi connectivity index (χ2v) is 6.14. The van der Waals surface area contributed by atoms with Crippen LogP contribution < -0.4 is 19.5 Å². The highest BCUT2D eigenvalue weighted by atomic mass is 35.5. The standard InChI is InChI=1S/C20H22ClNO6/c1-25-17-9-8-13(10-18(17)26-2)15(11-20(24)27-3)22-19(23)12-28-16-7-5-4-6-14(16)21/h4-10,15H,11-12H2,1-3H3,(H,22,23). The summed E-state index contributed by atoms with van der Waals surface area (Å²) < 4.78 is 20.7. The summed E-state index contributed by atoms with van der Waals surface area (Å²) >= 11 is 6.02. The van der Waals surface area contributed by atoms with Crippen molar-refractivity contribution in [2.24, 2.45) is 0 Å². The van der Waals surface area contributed by atoms with E-state index in [1.54, 1.807) is 42.5 Å². The van der Waals surface area contributed by atoms with E-state index in [0.29, 0.717) is 27.8 Å². The Kier molecular flexibility index (Phi) is 7.95. The molecule has 0 aliphatic carbocycles. The lowest BCUT2D eigenvalue weighted by atomic mass is 10.0. The summed E-state index contributed by atoms with van der Waals surface area (Å²) in [5, 5.41) is 3.18. The first kappa shape index (κ1) is 21.4. The molecule has 2 rings (SSSR count).